The van der Waals surface area contributed by atoms with Crippen LogP contribution in [0.3, 0.4) is 0 Å². The van der Waals surface area contributed by atoms with E-state index < -0.39 is 5.92 Å². The Balaban J connectivity index is 1.96. The smallest absolute Gasteiger partial charge is 0.163 e. The van der Waals surface area contributed by atoms with Crippen LogP contribution in [-0.4, -0.2) is 16.7 Å². The zero-order valence-corrected chi connectivity index (χ0v) is 14.7. The van der Waals surface area contributed by atoms with E-state index in [-0.39, 0.29) is 17.3 Å². The molecule has 0 bridgehead atoms. The number of phenols is 1. The highest BCUT2D eigenvalue weighted by Gasteiger charge is 2.42. The Hall–Kier alpha value is -1.88. The molecule has 0 spiro atoms. The van der Waals surface area contributed by atoms with E-state index in [1.807, 2.05) is 0 Å². The van der Waals surface area contributed by atoms with Gasteiger partial charge in [-0.2, -0.15) is 0 Å². The predicted octanol–water partition coefficient (Wildman–Crippen LogP) is 4.28. The van der Waals surface area contributed by atoms with Gasteiger partial charge in [0.1, 0.15) is 17.3 Å². The first-order valence-electron chi connectivity index (χ1n) is 8.25. The summed E-state index contributed by atoms with van der Waals surface area (Å²) in [6.45, 7) is 0. The van der Waals surface area contributed by atoms with Crippen LogP contribution in [0.5, 0.6) is 5.75 Å². The molecular weight excluding hydrogens is 372 g/mol. The number of Topliss-reactive ketones (excluding diaryl/α,β-unsaturated/α-hetero) is 2. The van der Waals surface area contributed by atoms with E-state index in [0.29, 0.717) is 53.9 Å². The van der Waals surface area contributed by atoms with Gasteiger partial charge >= 0.3 is 0 Å². The fourth-order valence-electron chi connectivity index (χ4n) is 3.89. The standard InChI is InChI=1S/C19H17BrO4/c20-10-7-8-12(21)11(9-10)17-18-13(22)3-1-5-15(18)24-16-6-2-4-14(23)19(16)17/h7-9,17,21H,1-6H2. The van der Waals surface area contributed by atoms with Crippen molar-refractivity contribution in [3.05, 3.63) is 50.9 Å². The Kier molecular flexibility index (Phi) is 3.83. The Morgan fingerprint density at radius 3 is 2.12 bits per heavy atom. The molecule has 0 saturated heterocycles. The molecule has 0 aromatic heterocycles. The first kappa shape index (κ1) is 15.6. The molecule has 1 heterocycles. The fourth-order valence-corrected chi connectivity index (χ4v) is 4.26. The number of ketones is 2. The summed E-state index contributed by atoms with van der Waals surface area (Å²) in [4.78, 5) is 25.2. The second kappa shape index (κ2) is 5.88. The molecule has 124 valence electrons. The van der Waals surface area contributed by atoms with Crippen LogP contribution in [0, 0.1) is 0 Å². The van der Waals surface area contributed by atoms with Gasteiger partial charge in [-0.15, -0.1) is 0 Å². The Labute approximate surface area is 148 Å². The maximum atomic E-state index is 12.6. The lowest BCUT2D eigenvalue weighted by molar-refractivity contribution is -0.117. The van der Waals surface area contributed by atoms with E-state index >= 15 is 0 Å². The number of halogens is 1. The van der Waals surface area contributed by atoms with Crippen LogP contribution < -0.4 is 0 Å². The number of rotatable bonds is 1. The highest BCUT2D eigenvalue weighted by atomic mass is 79.9. The molecule has 1 aromatic carbocycles. The second-order valence-corrected chi connectivity index (χ2v) is 7.38. The van der Waals surface area contributed by atoms with Crippen LogP contribution in [0.25, 0.3) is 0 Å². The molecule has 24 heavy (non-hydrogen) atoms. The molecule has 5 heteroatoms. The number of benzene rings is 1. The van der Waals surface area contributed by atoms with E-state index in [1.165, 1.54) is 0 Å². The second-order valence-electron chi connectivity index (χ2n) is 6.47. The van der Waals surface area contributed by atoms with Crippen LogP contribution in [0.15, 0.2) is 45.3 Å². The highest BCUT2D eigenvalue weighted by molar-refractivity contribution is 9.10. The SMILES string of the molecule is O=C1CCCC2=C1C(c1cc(Br)ccc1O)C1=C(CCCC1=O)O2. The summed E-state index contributed by atoms with van der Waals surface area (Å²) in [6, 6.07) is 5.13. The first-order valence-corrected chi connectivity index (χ1v) is 9.04. The average Bonchev–Trinajstić information content (AvgIpc) is 2.56. The minimum atomic E-state index is -0.512. The molecule has 1 aliphatic heterocycles. The lowest BCUT2D eigenvalue weighted by atomic mass is 9.73. The summed E-state index contributed by atoms with van der Waals surface area (Å²) in [5.41, 5.74) is 1.71. The summed E-state index contributed by atoms with van der Waals surface area (Å²) in [7, 11) is 0. The first-order chi connectivity index (χ1) is 11.6. The number of allylic oxidation sites excluding steroid dienone is 4. The number of hydrogen-bond acceptors (Lipinski definition) is 4. The van der Waals surface area contributed by atoms with Crippen LogP contribution in [0.4, 0.5) is 0 Å². The summed E-state index contributed by atoms with van der Waals surface area (Å²) in [6.07, 6.45) is 3.87. The lowest BCUT2D eigenvalue weighted by Crippen LogP contribution is -2.30. The van der Waals surface area contributed by atoms with Crippen molar-refractivity contribution in [2.45, 2.75) is 44.4 Å². The molecular formula is C19H17BrO4. The van der Waals surface area contributed by atoms with Crippen molar-refractivity contribution >= 4 is 27.5 Å². The third kappa shape index (κ3) is 2.42. The molecule has 0 fully saturated rings. The van der Waals surface area contributed by atoms with Crippen LogP contribution in [0.1, 0.15) is 50.0 Å². The molecule has 2 aliphatic carbocycles. The van der Waals surface area contributed by atoms with Crippen molar-refractivity contribution in [3.63, 3.8) is 0 Å². The van der Waals surface area contributed by atoms with Crippen LogP contribution in [0.2, 0.25) is 0 Å². The van der Waals surface area contributed by atoms with Gasteiger partial charge in [0.15, 0.2) is 11.6 Å². The van der Waals surface area contributed by atoms with E-state index in [1.54, 1.807) is 18.2 Å². The van der Waals surface area contributed by atoms with Gasteiger partial charge in [0, 0.05) is 46.9 Å². The van der Waals surface area contributed by atoms with Gasteiger partial charge in [0.05, 0.1) is 5.92 Å². The predicted molar refractivity (Wildman–Crippen MR) is 91.4 cm³/mol. The summed E-state index contributed by atoms with van der Waals surface area (Å²) >= 11 is 3.42. The third-order valence-electron chi connectivity index (χ3n) is 4.94. The van der Waals surface area contributed by atoms with Crippen molar-refractivity contribution in [2.24, 2.45) is 0 Å². The minimum absolute atomic E-state index is 0.0190. The normalized spacial score (nSPS) is 21.5. The van der Waals surface area contributed by atoms with Gasteiger partial charge in [0.25, 0.3) is 0 Å². The van der Waals surface area contributed by atoms with Crippen molar-refractivity contribution in [2.75, 3.05) is 0 Å². The number of hydrogen-bond donors (Lipinski definition) is 1. The minimum Gasteiger partial charge on any atom is -0.508 e. The average molecular weight is 389 g/mol. The van der Waals surface area contributed by atoms with E-state index in [0.717, 1.165) is 17.3 Å². The maximum absolute atomic E-state index is 12.6. The van der Waals surface area contributed by atoms with Crippen molar-refractivity contribution < 1.29 is 19.4 Å². The Bertz CT molecular complexity index is 777. The fraction of sp³-hybridized carbons (Fsp3) is 0.368. The zero-order valence-electron chi connectivity index (χ0n) is 13.1. The molecule has 0 saturated carbocycles. The topological polar surface area (TPSA) is 63.6 Å². The number of carbonyl (C=O) groups is 2. The summed E-state index contributed by atoms with van der Waals surface area (Å²) in [5, 5.41) is 10.4. The Morgan fingerprint density at radius 2 is 1.54 bits per heavy atom. The molecule has 3 aliphatic rings. The number of carbonyl (C=O) groups excluding carboxylic acids is 2. The van der Waals surface area contributed by atoms with Crippen molar-refractivity contribution in [1.29, 1.82) is 0 Å². The van der Waals surface area contributed by atoms with E-state index in [9.17, 15) is 14.7 Å². The summed E-state index contributed by atoms with van der Waals surface area (Å²) < 4.78 is 6.78. The quantitative estimate of drug-likeness (QED) is 0.779. The number of aromatic hydroxyl groups is 1. The molecule has 4 nitrogen and oxygen atoms in total. The molecule has 0 amide bonds. The Morgan fingerprint density at radius 1 is 0.958 bits per heavy atom. The maximum Gasteiger partial charge on any atom is 0.163 e. The van der Waals surface area contributed by atoms with Gasteiger partial charge < -0.3 is 9.84 Å². The van der Waals surface area contributed by atoms with Gasteiger partial charge in [-0.3, -0.25) is 9.59 Å². The van der Waals surface area contributed by atoms with Gasteiger partial charge in [0.2, 0.25) is 0 Å². The van der Waals surface area contributed by atoms with Gasteiger partial charge in [-0.1, -0.05) is 15.9 Å². The largest absolute Gasteiger partial charge is 0.508 e. The lowest BCUT2D eigenvalue weighted by Gasteiger charge is -2.36. The van der Waals surface area contributed by atoms with E-state index in [4.69, 9.17) is 4.74 Å². The van der Waals surface area contributed by atoms with Crippen molar-refractivity contribution in [3.8, 4) is 5.75 Å². The van der Waals surface area contributed by atoms with Gasteiger partial charge in [-0.25, -0.2) is 0 Å². The third-order valence-corrected chi connectivity index (χ3v) is 5.43. The summed E-state index contributed by atoms with van der Waals surface area (Å²) in [5.74, 6) is 0.992. The molecule has 1 aromatic rings. The van der Waals surface area contributed by atoms with Crippen LogP contribution >= 0.6 is 15.9 Å². The van der Waals surface area contributed by atoms with Crippen LogP contribution in [-0.2, 0) is 14.3 Å². The van der Waals surface area contributed by atoms with Gasteiger partial charge in [-0.05, 0) is 31.0 Å². The molecule has 1 N–H and O–H groups in total. The number of ether oxygens (including phenoxy) is 1. The van der Waals surface area contributed by atoms with E-state index in [2.05, 4.69) is 15.9 Å². The molecule has 4 rings (SSSR count). The highest BCUT2D eigenvalue weighted by Crippen LogP contribution is 2.49. The number of phenolic OH excluding ortho intramolecular Hbond substituents is 1. The molecule has 0 unspecified atom stereocenters. The molecule has 0 radical (unpaired) electrons. The zero-order chi connectivity index (χ0) is 16.8. The monoisotopic (exact) mass is 388 g/mol. The molecule has 0 atom stereocenters. The van der Waals surface area contributed by atoms with Crippen molar-refractivity contribution in [1.82, 2.24) is 0 Å².